The molecule has 0 saturated carbocycles. The monoisotopic (exact) mass is 339 g/mol. The highest BCUT2D eigenvalue weighted by molar-refractivity contribution is 7.13. The van der Waals surface area contributed by atoms with Gasteiger partial charge in [0.2, 0.25) is 5.13 Å². The first-order valence-corrected chi connectivity index (χ1v) is 9.36. The van der Waals surface area contributed by atoms with Gasteiger partial charge in [-0.1, -0.05) is 35.9 Å². The predicted molar refractivity (Wildman–Crippen MR) is 98.7 cm³/mol. The molecule has 116 valence electrons. The van der Waals surface area contributed by atoms with Gasteiger partial charge in [0.1, 0.15) is 0 Å². The molecule has 3 aromatic rings. The van der Waals surface area contributed by atoms with Gasteiger partial charge in [0, 0.05) is 11.8 Å². The van der Waals surface area contributed by atoms with Gasteiger partial charge in [-0.25, -0.2) is 9.99 Å². The second-order valence-corrected chi connectivity index (χ2v) is 7.56. The van der Waals surface area contributed by atoms with Crippen molar-refractivity contribution < 1.29 is 0 Å². The summed E-state index contributed by atoms with van der Waals surface area (Å²) in [5, 5.41) is 12.2. The third-order valence-electron chi connectivity index (χ3n) is 3.95. The van der Waals surface area contributed by atoms with Gasteiger partial charge >= 0.3 is 0 Å². The lowest BCUT2D eigenvalue weighted by Crippen LogP contribution is -2.18. The SMILES string of the molecule is Cc1cccc([C@H]2CC(c3cccs3)=NN2c2nc(C)cs2)c1. The van der Waals surface area contributed by atoms with Crippen LogP contribution in [-0.2, 0) is 0 Å². The predicted octanol–water partition coefficient (Wildman–Crippen LogP) is 5.18. The van der Waals surface area contributed by atoms with Crippen LogP contribution >= 0.6 is 22.7 Å². The molecule has 1 atom stereocenters. The summed E-state index contributed by atoms with van der Waals surface area (Å²) in [5.74, 6) is 0. The summed E-state index contributed by atoms with van der Waals surface area (Å²) in [4.78, 5) is 5.90. The second-order valence-electron chi connectivity index (χ2n) is 5.77. The standard InChI is InChI=1S/C18H17N3S2/c1-12-5-3-6-14(9-12)16-10-15(17-7-4-8-22-17)20-21(16)18-19-13(2)11-23-18/h3-9,11,16H,10H2,1-2H3/t16-/m1/s1. The van der Waals surface area contributed by atoms with E-state index in [0.717, 1.165) is 23.0 Å². The fraction of sp³-hybridized carbons (Fsp3) is 0.222. The number of thiophene rings is 1. The highest BCUT2D eigenvalue weighted by atomic mass is 32.1. The van der Waals surface area contributed by atoms with Crippen molar-refractivity contribution in [2.45, 2.75) is 26.3 Å². The molecule has 1 aliphatic heterocycles. The minimum absolute atomic E-state index is 0.220. The summed E-state index contributed by atoms with van der Waals surface area (Å²) in [6, 6.07) is 13.2. The van der Waals surface area contributed by atoms with Crippen LogP contribution in [0.1, 0.15) is 34.2 Å². The van der Waals surface area contributed by atoms with Gasteiger partial charge in [-0.15, -0.1) is 22.7 Å². The minimum atomic E-state index is 0.220. The van der Waals surface area contributed by atoms with Crippen molar-refractivity contribution in [3.63, 3.8) is 0 Å². The lowest BCUT2D eigenvalue weighted by Gasteiger charge is -2.21. The Labute approximate surface area is 143 Å². The number of thiazole rings is 1. The van der Waals surface area contributed by atoms with Gasteiger partial charge in [-0.2, -0.15) is 5.10 Å². The van der Waals surface area contributed by atoms with Crippen LogP contribution in [0.15, 0.2) is 52.3 Å². The van der Waals surface area contributed by atoms with Crippen molar-refractivity contribution in [1.82, 2.24) is 4.98 Å². The molecule has 23 heavy (non-hydrogen) atoms. The molecule has 5 heteroatoms. The molecule has 0 fully saturated rings. The Kier molecular flexibility index (Phi) is 3.75. The van der Waals surface area contributed by atoms with E-state index in [-0.39, 0.29) is 6.04 Å². The van der Waals surface area contributed by atoms with E-state index in [0.29, 0.717) is 0 Å². The number of anilines is 1. The zero-order chi connectivity index (χ0) is 15.8. The number of aryl methyl sites for hydroxylation is 2. The molecule has 0 saturated heterocycles. The maximum Gasteiger partial charge on any atom is 0.206 e. The van der Waals surface area contributed by atoms with Gasteiger partial charge in [0.15, 0.2) is 0 Å². The lowest BCUT2D eigenvalue weighted by molar-refractivity contribution is 0.705. The molecule has 3 nitrogen and oxygen atoms in total. The first-order chi connectivity index (χ1) is 11.2. The third-order valence-corrected chi connectivity index (χ3v) is 5.81. The second kappa shape index (κ2) is 5.91. The number of benzene rings is 1. The fourth-order valence-corrected chi connectivity index (χ4v) is 4.38. The largest absolute Gasteiger partial charge is 0.231 e. The van der Waals surface area contributed by atoms with Crippen molar-refractivity contribution >= 4 is 33.5 Å². The zero-order valence-electron chi connectivity index (χ0n) is 13.1. The molecule has 4 rings (SSSR count). The normalized spacial score (nSPS) is 17.6. The molecule has 0 aliphatic carbocycles. The van der Waals surface area contributed by atoms with E-state index in [2.05, 4.69) is 64.1 Å². The first kappa shape index (κ1) is 14.6. The van der Waals surface area contributed by atoms with Gasteiger partial charge in [0.05, 0.1) is 22.3 Å². The molecule has 3 heterocycles. The summed E-state index contributed by atoms with van der Waals surface area (Å²) < 4.78 is 0. The highest BCUT2D eigenvalue weighted by Crippen LogP contribution is 2.38. The molecule has 0 amide bonds. The molecule has 0 spiro atoms. The Morgan fingerprint density at radius 1 is 1.13 bits per heavy atom. The van der Waals surface area contributed by atoms with Crippen LogP contribution < -0.4 is 5.01 Å². The van der Waals surface area contributed by atoms with E-state index in [4.69, 9.17) is 5.10 Å². The quantitative estimate of drug-likeness (QED) is 0.658. The molecule has 0 radical (unpaired) electrons. The topological polar surface area (TPSA) is 28.5 Å². The Bertz CT molecular complexity index is 849. The van der Waals surface area contributed by atoms with Gasteiger partial charge in [-0.3, -0.25) is 0 Å². The van der Waals surface area contributed by atoms with Crippen molar-refractivity contribution in [3.8, 4) is 0 Å². The van der Waals surface area contributed by atoms with E-state index in [1.54, 1.807) is 22.7 Å². The highest BCUT2D eigenvalue weighted by Gasteiger charge is 2.31. The number of hydrazone groups is 1. The molecular formula is C18H17N3S2. The van der Waals surface area contributed by atoms with E-state index in [1.165, 1.54) is 16.0 Å². The van der Waals surface area contributed by atoms with Crippen molar-refractivity contribution in [3.05, 3.63) is 68.9 Å². The maximum absolute atomic E-state index is 4.91. The van der Waals surface area contributed by atoms with Crippen LogP contribution in [0.2, 0.25) is 0 Å². The Morgan fingerprint density at radius 2 is 2.04 bits per heavy atom. The molecule has 1 aliphatic rings. The smallest absolute Gasteiger partial charge is 0.206 e. The fourth-order valence-electron chi connectivity index (χ4n) is 2.86. The number of rotatable bonds is 3. The maximum atomic E-state index is 4.91. The molecule has 1 aromatic carbocycles. The van der Waals surface area contributed by atoms with E-state index in [1.807, 2.05) is 6.92 Å². The molecule has 0 bridgehead atoms. The third kappa shape index (κ3) is 2.82. The minimum Gasteiger partial charge on any atom is -0.231 e. The molecular weight excluding hydrogens is 322 g/mol. The van der Waals surface area contributed by atoms with Crippen LogP contribution in [0.5, 0.6) is 0 Å². The van der Waals surface area contributed by atoms with Crippen LogP contribution in [0, 0.1) is 13.8 Å². The number of aromatic nitrogens is 1. The average molecular weight is 339 g/mol. The van der Waals surface area contributed by atoms with Crippen LogP contribution in [-0.4, -0.2) is 10.7 Å². The summed E-state index contributed by atoms with van der Waals surface area (Å²) in [6.45, 7) is 4.17. The molecule has 0 unspecified atom stereocenters. The summed E-state index contributed by atoms with van der Waals surface area (Å²) >= 11 is 3.41. The van der Waals surface area contributed by atoms with E-state index >= 15 is 0 Å². The Hall–Kier alpha value is -1.98. The molecule has 0 N–H and O–H groups in total. The van der Waals surface area contributed by atoms with E-state index in [9.17, 15) is 0 Å². The summed E-state index contributed by atoms with van der Waals surface area (Å²) in [6.07, 6.45) is 0.919. The van der Waals surface area contributed by atoms with Gasteiger partial charge < -0.3 is 0 Å². The van der Waals surface area contributed by atoms with Gasteiger partial charge in [0.25, 0.3) is 0 Å². The number of hydrogen-bond acceptors (Lipinski definition) is 5. The first-order valence-electron chi connectivity index (χ1n) is 7.60. The van der Waals surface area contributed by atoms with Crippen LogP contribution in [0.4, 0.5) is 5.13 Å². The summed E-state index contributed by atoms with van der Waals surface area (Å²) in [7, 11) is 0. The Balaban J connectivity index is 1.75. The summed E-state index contributed by atoms with van der Waals surface area (Å²) in [5.41, 5.74) is 4.78. The van der Waals surface area contributed by atoms with Gasteiger partial charge in [-0.05, 0) is 30.9 Å². The van der Waals surface area contributed by atoms with Crippen molar-refractivity contribution in [2.75, 3.05) is 5.01 Å². The van der Waals surface area contributed by atoms with E-state index < -0.39 is 0 Å². The zero-order valence-corrected chi connectivity index (χ0v) is 14.7. The number of nitrogens with zero attached hydrogens (tertiary/aromatic N) is 3. The Morgan fingerprint density at radius 3 is 2.74 bits per heavy atom. The van der Waals surface area contributed by atoms with Crippen LogP contribution in [0.25, 0.3) is 0 Å². The average Bonchev–Trinajstić information content (AvgIpc) is 3.26. The molecule has 2 aromatic heterocycles. The van der Waals surface area contributed by atoms with Crippen LogP contribution in [0.3, 0.4) is 0 Å². The lowest BCUT2D eigenvalue weighted by atomic mass is 10.00. The number of hydrogen-bond donors (Lipinski definition) is 0. The van der Waals surface area contributed by atoms with Crippen molar-refractivity contribution in [1.29, 1.82) is 0 Å². The van der Waals surface area contributed by atoms with Crippen molar-refractivity contribution in [2.24, 2.45) is 5.10 Å².